The van der Waals surface area contributed by atoms with Gasteiger partial charge in [0.15, 0.2) is 5.96 Å². The molecule has 1 aromatic rings. The molecule has 1 unspecified atom stereocenters. The number of benzene rings is 1. The van der Waals surface area contributed by atoms with Crippen LogP contribution in [0, 0.1) is 5.92 Å². The Balaban J connectivity index is 1.60. The molecule has 2 aliphatic rings. The highest BCUT2D eigenvalue weighted by Crippen LogP contribution is 2.24. The van der Waals surface area contributed by atoms with E-state index in [2.05, 4.69) is 22.0 Å². The summed E-state index contributed by atoms with van der Waals surface area (Å²) in [7, 11) is 1.64. The topological polar surface area (TPSA) is 60.3 Å². The van der Waals surface area contributed by atoms with Gasteiger partial charge < -0.3 is 25.0 Å². The van der Waals surface area contributed by atoms with Gasteiger partial charge in [-0.25, -0.2) is 4.99 Å². The van der Waals surface area contributed by atoms with E-state index in [1.165, 1.54) is 45.3 Å². The Labute approximate surface area is 163 Å². The Hall–Kier alpha value is -1.95. The molecule has 2 aliphatic heterocycles. The minimum absolute atomic E-state index is 0.264. The first kappa shape index (κ1) is 19.8. The zero-order valence-corrected chi connectivity index (χ0v) is 16.8. The summed E-state index contributed by atoms with van der Waals surface area (Å²) in [5.41, 5.74) is 0.786. The van der Waals surface area contributed by atoms with Crippen molar-refractivity contribution in [2.24, 2.45) is 10.9 Å². The maximum atomic E-state index is 10.1. The first-order valence-electron chi connectivity index (χ1n) is 10.3. The van der Waals surface area contributed by atoms with Gasteiger partial charge in [0.1, 0.15) is 11.5 Å². The van der Waals surface area contributed by atoms with E-state index < -0.39 is 0 Å². The summed E-state index contributed by atoms with van der Waals surface area (Å²) in [5.74, 6) is 2.67. The molecule has 1 atom stereocenters. The zero-order valence-electron chi connectivity index (χ0n) is 16.8. The second-order valence-corrected chi connectivity index (χ2v) is 7.63. The number of rotatable bonds is 6. The summed E-state index contributed by atoms with van der Waals surface area (Å²) in [4.78, 5) is 9.79. The lowest BCUT2D eigenvalue weighted by Gasteiger charge is -2.29. The summed E-state index contributed by atoms with van der Waals surface area (Å²) in [6.07, 6.45) is 5.32. The minimum atomic E-state index is 0.264. The van der Waals surface area contributed by atoms with Gasteiger partial charge >= 0.3 is 0 Å². The molecule has 0 aromatic heterocycles. The molecule has 0 bridgehead atoms. The molecule has 1 aromatic carbocycles. The zero-order chi connectivity index (χ0) is 19.1. The second-order valence-electron chi connectivity index (χ2n) is 7.63. The average molecular weight is 375 g/mol. The lowest BCUT2D eigenvalue weighted by atomic mass is 10.1. The van der Waals surface area contributed by atoms with Crippen molar-refractivity contribution >= 4 is 5.96 Å². The molecule has 150 valence electrons. The van der Waals surface area contributed by atoms with Crippen LogP contribution in [0.15, 0.2) is 23.2 Å². The molecule has 27 heavy (non-hydrogen) atoms. The number of nitrogens with zero attached hydrogens (tertiary/aromatic N) is 3. The van der Waals surface area contributed by atoms with Gasteiger partial charge in [0.2, 0.25) is 0 Å². The van der Waals surface area contributed by atoms with Crippen LogP contribution in [0.3, 0.4) is 0 Å². The van der Waals surface area contributed by atoms with Crippen molar-refractivity contribution in [2.75, 3.05) is 46.4 Å². The molecule has 0 saturated carbocycles. The number of aliphatic imine (C=N–C) groups is 1. The highest BCUT2D eigenvalue weighted by molar-refractivity contribution is 5.80. The number of guanidine groups is 1. The smallest absolute Gasteiger partial charge is 0.194 e. The number of hydrogen-bond donors (Lipinski definition) is 2. The van der Waals surface area contributed by atoms with Crippen LogP contribution < -0.4 is 10.1 Å². The summed E-state index contributed by atoms with van der Waals surface area (Å²) in [5, 5.41) is 13.5. The van der Waals surface area contributed by atoms with Crippen molar-refractivity contribution in [2.45, 2.75) is 39.2 Å². The van der Waals surface area contributed by atoms with Crippen LogP contribution in [0.5, 0.6) is 11.5 Å². The van der Waals surface area contributed by atoms with E-state index in [0.717, 1.165) is 42.8 Å². The van der Waals surface area contributed by atoms with Gasteiger partial charge in [-0.2, -0.15) is 0 Å². The van der Waals surface area contributed by atoms with Crippen molar-refractivity contribution in [3.05, 3.63) is 23.8 Å². The monoisotopic (exact) mass is 374 g/mol. The molecule has 0 radical (unpaired) electrons. The molecule has 0 aliphatic carbocycles. The third kappa shape index (κ3) is 5.51. The summed E-state index contributed by atoms with van der Waals surface area (Å²) < 4.78 is 5.26. The van der Waals surface area contributed by atoms with E-state index in [0.29, 0.717) is 6.54 Å². The van der Waals surface area contributed by atoms with Crippen LogP contribution in [0.1, 0.15) is 38.2 Å². The van der Waals surface area contributed by atoms with Crippen LogP contribution >= 0.6 is 0 Å². The largest absolute Gasteiger partial charge is 0.508 e. The van der Waals surface area contributed by atoms with Gasteiger partial charge in [0.25, 0.3) is 0 Å². The van der Waals surface area contributed by atoms with E-state index in [-0.39, 0.29) is 5.75 Å². The Bertz CT molecular complexity index is 629. The van der Waals surface area contributed by atoms with E-state index in [4.69, 9.17) is 9.73 Å². The highest BCUT2D eigenvalue weighted by atomic mass is 16.5. The van der Waals surface area contributed by atoms with E-state index in [1.54, 1.807) is 19.2 Å². The van der Waals surface area contributed by atoms with Crippen molar-refractivity contribution < 1.29 is 9.84 Å². The number of ether oxygens (including phenoxy) is 1. The first-order chi connectivity index (χ1) is 13.2. The lowest BCUT2D eigenvalue weighted by molar-refractivity contribution is 0.198. The number of hydrogen-bond acceptors (Lipinski definition) is 4. The molecule has 3 rings (SSSR count). The number of methoxy groups -OCH3 is 1. The van der Waals surface area contributed by atoms with Gasteiger partial charge in [-0.1, -0.05) is 6.42 Å². The first-order valence-corrected chi connectivity index (χ1v) is 10.3. The Morgan fingerprint density at radius 3 is 2.81 bits per heavy atom. The number of aromatic hydroxyl groups is 1. The third-order valence-electron chi connectivity index (χ3n) is 5.57. The molecule has 0 spiro atoms. The van der Waals surface area contributed by atoms with Crippen LogP contribution in [0.25, 0.3) is 0 Å². The van der Waals surface area contributed by atoms with Crippen molar-refractivity contribution in [3.63, 3.8) is 0 Å². The quantitative estimate of drug-likeness (QED) is 0.592. The maximum Gasteiger partial charge on any atom is 0.194 e. The SMILES string of the molecule is CCNC(=NCc1cc(OC)ccc1O)N1CCC(CN2CCCCC2)C1. The Kier molecular flexibility index (Phi) is 7.21. The summed E-state index contributed by atoms with van der Waals surface area (Å²) in [6.45, 7) is 9.24. The Morgan fingerprint density at radius 1 is 1.26 bits per heavy atom. The molecule has 6 nitrogen and oxygen atoms in total. The molecule has 6 heteroatoms. The van der Waals surface area contributed by atoms with Crippen LogP contribution in [0.2, 0.25) is 0 Å². The fourth-order valence-corrected chi connectivity index (χ4v) is 4.08. The third-order valence-corrected chi connectivity index (χ3v) is 5.57. The standard InChI is InChI=1S/C21H34N4O2/c1-3-22-21(23-14-18-13-19(27-2)7-8-20(18)26)25-12-9-17(16-25)15-24-10-5-4-6-11-24/h7-8,13,17,26H,3-6,9-12,14-16H2,1-2H3,(H,22,23). The van der Waals surface area contributed by atoms with E-state index in [9.17, 15) is 5.11 Å². The second kappa shape index (κ2) is 9.83. The maximum absolute atomic E-state index is 10.1. The number of nitrogens with one attached hydrogen (secondary N) is 1. The fraction of sp³-hybridized carbons (Fsp3) is 0.667. The number of likely N-dealkylation sites (tertiary alicyclic amines) is 2. The fourth-order valence-electron chi connectivity index (χ4n) is 4.08. The molecule has 2 N–H and O–H groups in total. The van der Waals surface area contributed by atoms with E-state index in [1.807, 2.05) is 6.07 Å². The summed E-state index contributed by atoms with van der Waals surface area (Å²) in [6, 6.07) is 5.28. The predicted octanol–water partition coefficient (Wildman–Crippen LogP) is 2.67. The number of piperidine rings is 1. The van der Waals surface area contributed by atoms with Crippen LogP contribution in [-0.4, -0.2) is 67.2 Å². The predicted molar refractivity (Wildman–Crippen MR) is 109 cm³/mol. The van der Waals surface area contributed by atoms with Gasteiger partial charge in [0.05, 0.1) is 13.7 Å². The normalized spacial score (nSPS) is 21.5. The van der Waals surface area contributed by atoms with Crippen molar-refractivity contribution in [1.29, 1.82) is 0 Å². The number of phenolic OH excluding ortho intramolecular Hbond substituents is 1. The molecular weight excluding hydrogens is 340 g/mol. The van der Waals surface area contributed by atoms with Gasteiger partial charge in [-0.3, -0.25) is 0 Å². The summed E-state index contributed by atoms with van der Waals surface area (Å²) >= 11 is 0. The molecule has 2 fully saturated rings. The molecule has 2 heterocycles. The van der Waals surface area contributed by atoms with Crippen molar-refractivity contribution in [1.82, 2.24) is 15.1 Å². The molecule has 2 saturated heterocycles. The Morgan fingerprint density at radius 2 is 2.07 bits per heavy atom. The lowest BCUT2D eigenvalue weighted by Crippen LogP contribution is -2.41. The van der Waals surface area contributed by atoms with Crippen LogP contribution in [0.4, 0.5) is 0 Å². The average Bonchev–Trinajstić information content (AvgIpc) is 3.15. The van der Waals surface area contributed by atoms with Crippen LogP contribution in [-0.2, 0) is 6.54 Å². The van der Waals surface area contributed by atoms with Gasteiger partial charge in [-0.15, -0.1) is 0 Å². The molecule has 0 amide bonds. The molecular formula is C21H34N4O2. The highest BCUT2D eigenvalue weighted by Gasteiger charge is 2.27. The number of phenols is 1. The van der Waals surface area contributed by atoms with Gasteiger partial charge in [-0.05, 0) is 63.4 Å². The minimum Gasteiger partial charge on any atom is -0.508 e. The van der Waals surface area contributed by atoms with Crippen molar-refractivity contribution in [3.8, 4) is 11.5 Å². The van der Waals surface area contributed by atoms with E-state index >= 15 is 0 Å². The van der Waals surface area contributed by atoms with Gasteiger partial charge in [0, 0.05) is 31.7 Å².